The van der Waals surface area contributed by atoms with Gasteiger partial charge in [-0.15, -0.1) is 0 Å². The van der Waals surface area contributed by atoms with E-state index < -0.39 is 0 Å². The second-order valence-corrected chi connectivity index (χ2v) is 7.97. The molecule has 0 spiro atoms. The number of aryl methyl sites for hydroxylation is 1. The van der Waals surface area contributed by atoms with Gasteiger partial charge in [-0.1, -0.05) is 90.3 Å². The first-order valence-corrected chi connectivity index (χ1v) is 11.4. The molecule has 148 valence electrons. The quantitative estimate of drug-likeness (QED) is 0.248. The predicted octanol–water partition coefficient (Wildman–Crippen LogP) is 7.85. The van der Waals surface area contributed by atoms with Gasteiger partial charge in [0.05, 0.1) is 0 Å². The minimum atomic E-state index is 0.428. The number of unbranched alkanes of at least 4 members (excludes halogenated alkanes) is 10. The maximum Gasteiger partial charge on any atom is 0.127 e. The Kier molecular flexibility index (Phi) is 12.6. The molecule has 0 saturated carbocycles. The normalized spacial score (nSPS) is 11.0. The fourth-order valence-corrected chi connectivity index (χ4v) is 3.92. The molecule has 1 aromatic carbocycles. The molecule has 0 aliphatic carbocycles. The topological polar surface area (TPSA) is 20.2 Å². The molecule has 1 aromatic rings. The SMILES string of the molecule is CCCCCCCCc1cc(C=S)c(O)c(CCCCCCCC)c1C. The summed E-state index contributed by atoms with van der Waals surface area (Å²) in [6.45, 7) is 6.70. The number of phenolic OH excluding ortho intramolecular Hbond substituents is 1. The molecule has 0 atom stereocenters. The molecule has 0 aliphatic heterocycles. The van der Waals surface area contributed by atoms with E-state index in [-0.39, 0.29) is 0 Å². The van der Waals surface area contributed by atoms with Gasteiger partial charge in [0.15, 0.2) is 0 Å². The van der Waals surface area contributed by atoms with E-state index in [2.05, 4.69) is 26.8 Å². The van der Waals surface area contributed by atoms with Crippen LogP contribution >= 0.6 is 12.2 Å². The summed E-state index contributed by atoms with van der Waals surface area (Å²) in [5.74, 6) is 0.428. The van der Waals surface area contributed by atoms with Crippen LogP contribution in [0, 0.1) is 6.92 Å². The van der Waals surface area contributed by atoms with Gasteiger partial charge < -0.3 is 5.11 Å². The summed E-state index contributed by atoms with van der Waals surface area (Å²) < 4.78 is 0. The standard InChI is InChI=1S/C24H40OS/c1-4-6-8-10-12-14-16-21-18-22(19-26)24(25)23(20(21)3)17-15-13-11-9-7-5-2/h18-19,25H,4-17H2,1-3H3. The Labute approximate surface area is 167 Å². The van der Waals surface area contributed by atoms with Crippen LogP contribution in [-0.2, 0) is 12.8 Å². The highest BCUT2D eigenvalue weighted by molar-refractivity contribution is 7.79. The van der Waals surface area contributed by atoms with E-state index in [4.69, 9.17) is 12.2 Å². The summed E-state index contributed by atoms with van der Waals surface area (Å²) >= 11 is 5.15. The van der Waals surface area contributed by atoms with Gasteiger partial charge >= 0.3 is 0 Å². The van der Waals surface area contributed by atoms with E-state index in [9.17, 15) is 5.11 Å². The summed E-state index contributed by atoms with van der Waals surface area (Å²) in [6, 6.07) is 2.12. The second-order valence-electron chi connectivity index (χ2n) is 7.73. The first kappa shape index (κ1) is 23.1. The van der Waals surface area contributed by atoms with Crippen molar-refractivity contribution in [1.29, 1.82) is 0 Å². The van der Waals surface area contributed by atoms with Crippen molar-refractivity contribution in [2.24, 2.45) is 0 Å². The van der Waals surface area contributed by atoms with Gasteiger partial charge in [0.25, 0.3) is 0 Å². The maximum atomic E-state index is 10.6. The van der Waals surface area contributed by atoms with Gasteiger partial charge in [-0.25, -0.2) is 0 Å². The fourth-order valence-electron chi connectivity index (χ4n) is 3.74. The molecule has 0 aromatic heterocycles. The van der Waals surface area contributed by atoms with E-state index >= 15 is 0 Å². The van der Waals surface area contributed by atoms with Crippen molar-refractivity contribution in [2.45, 2.75) is 111 Å². The summed E-state index contributed by atoms with van der Waals surface area (Å²) in [4.78, 5) is 0. The van der Waals surface area contributed by atoms with Gasteiger partial charge in [0.1, 0.15) is 5.75 Å². The number of rotatable bonds is 15. The highest BCUT2D eigenvalue weighted by Crippen LogP contribution is 2.31. The molecule has 0 unspecified atom stereocenters. The number of aromatic hydroxyl groups is 1. The van der Waals surface area contributed by atoms with Crippen molar-refractivity contribution >= 4 is 17.6 Å². The maximum absolute atomic E-state index is 10.6. The van der Waals surface area contributed by atoms with Crippen LogP contribution < -0.4 is 0 Å². The molecule has 0 fully saturated rings. The third-order valence-corrected chi connectivity index (χ3v) is 5.78. The Morgan fingerprint density at radius 3 is 1.85 bits per heavy atom. The van der Waals surface area contributed by atoms with Crippen LogP contribution in [-0.4, -0.2) is 10.5 Å². The van der Waals surface area contributed by atoms with Crippen LogP contribution in [0.5, 0.6) is 5.75 Å². The molecule has 1 rings (SSSR count). The lowest BCUT2D eigenvalue weighted by Gasteiger charge is -2.16. The molecule has 2 heteroatoms. The first-order chi connectivity index (χ1) is 12.7. The molecular weight excluding hydrogens is 336 g/mol. The van der Waals surface area contributed by atoms with Crippen LogP contribution in [0.3, 0.4) is 0 Å². The first-order valence-electron chi connectivity index (χ1n) is 10.9. The summed E-state index contributed by atoms with van der Waals surface area (Å²) in [7, 11) is 0. The van der Waals surface area contributed by atoms with Gasteiger partial charge in [-0.05, 0) is 55.4 Å². The summed E-state index contributed by atoms with van der Waals surface area (Å²) in [5, 5.41) is 12.2. The molecule has 0 aliphatic rings. The molecule has 0 radical (unpaired) electrons. The number of hydrogen-bond donors (Lipinski definition) is 1. The van der Waals surface area contributed by atoms with E-state index in [0.717, 1.165) is 30.4 Å². The number of hydrogen-bond acceptors (Lipinski definition) is 2. The minimum absolute atomic E-state index is 0.428. The molecule has 0 bridgehead atoms. The van der Waals surface area contributed by atoms with Gasteiger partial charge in [0.2, 0.25) is 0 Å². The van der Waals surface area contributed by atoms with Crippen LogP contribution in [0.1, 0.15) is 113 Å². The van der Waals surface area contributed by atoms with Gasteiger partial charge in [0, 0.05) is 10.9 Å². The van der Waals surface area contributed by atoms with E-state index in [1.165, 1.54) is 81.8 Å². The van der Waals surface area contributed by atoms with Crippen LogP contribution in [0.2, 0.25) is 0 Å². The average Bonchev–Trinajstić information content (AvgIpc) is 2.64. The molecule has 1 N–H and O–H groups in total. The zero-order valence-corrected chi connectivity index (χ0v) is 18.2. The van der Waals surface area contributed by atoms with Crippen molar-refractivity contribution in [1.82, 2.24) is 0 Å². The van der Waals surface area contributed by atoms with E-state index in [0.29, 0.717) is 5.75 Å². The Balaban J connectivity index is 2.63. The molecule has 1 nitrogen and oxygen atoms in total. The van der Waals surface area contributed by atoms with Crippen LogP contribution in [0.25, 0.3) is 0 Å². The monoisotopic (exact) mass is 376 g/mol. The lowest BCUT2D eigenvalue weighted by molar-refractivity contribution is 0.464. The third kappa shape index (κ3) is 8.20. The number of phenols is 1. The lowest BCUT2D eigenvalue weighted by atomic mass is 9.91. The smallest absolute Gasteiger partial charge is 0.127 e. The minimum Gasteiger partial charge on any atom is -0.507 e. The van der Waals surface area contributed by atoms with E-state index in [1.54, 1.807) is 5.37 Å². The second kappa shape index (κ2) is 14.2. The van der Waals surface area contributed by atoms with Crippen molar-refractivity contribution in [2.75, 3.05) is 0 Å². The third-order valence-electron chi connectivity index (χ3n) is 5.53. The van der Waals surface area contributed by atoms with Gasteiger partial charge in [-0.2, -0.15) is 0 Å². The van der Waals surface area contributed by atoms with Crippen molar-refractivity contribution in [3.8, 4) is 5.75 Å². The number of thiocarbonyl (C=S) groups is 1. The summed E-state index contributed by atoms with van der Waals surface area (Å²) in [6.07, 6.45) is 17.7. The van der Waals surface area contributed by atoms with Crippen molar-refractivity contribution < 1.29 is 5.11 Å². The summed E-state index contributed by atoms with van der Waals surface area (Å²) in [5.41, 5.74) is 4.66. The number of benzene rings is 1. The average molecular weight is 377 g/mol. The molecule has 0 amide bonds. The zero-order valence-electron chi connectivity index (χ0n) is 17.4. The van der Waals surface area contributed by atoms with Crippen molar-refractivity contribution in [3.63, 3.8) is 0 Å². The highest BCUT2D eigenvalue weighted by atomic mass is 32.1. The Bertz CT molecular complexity index is 521. The molecule has 0 saturated heterocycles. The fraction of sp³-hybridized carbons (Fsp3) is 0.708. The molecule has 0 heterocycles. The largest absolute Gasteiger partial charge is 0.507 e. The van der Waals surface area contributed by atoms with E-state index in [1.807, 2.05) is 0 Å². The highest BCUT2D eigenvalue weighted by Gasteiger charge is 2.13. The Morgan fingerprint density at radius 2 is 1.31 bits per heavy atom. The van der Waals surface area contributed by atoms with Gasteiger partial charge in [-0.3, -0.25) is 0 Å². The zero-order chi connectivity index (χ0) is 19.2. The lowest BCUT2D eigenvalue weighted by Crippen LogP contribution is -2.01. The predicted molar refractivity (Wildman–Crippen MR) is 120 cm³/mol. The Morgan fingerprint density at radius 1 is 0.808 bits per heavy atom. The Hall–Kier alpha value is -0.890. The van der Waals surface area contributed by atoms with Crippen LogP contribution in [0.4, 0.5) is 0 Å². The van der Waals surface area contributed by atoms with Crippen LogP contribution in [0.15, 0.2) is 6.07 Å². The molecule has 26 heavy (non-hydrogen) atoms. The van der Waals surface area contributed by atoms with Crippen molar-refractivity contribution in [3.05, 3.63) is 28.3 Å². The molecular formula is C24H40OS.